The maximum atomic E-state index is 11.8. The summed E-state index contributed by atoms with van der Waals surface area (Å²) in [5.41, 5.74) is -0.939. The molecule has 1 saturated heterocycles. The predicted molar refractivity (Wildman–Crippen MR) is 74.2 cm³/mol. The highest BCUT2D eigenvalue weighted by Crippen LogP contribution is 2.29. The van der Waals surface area contributed by atoms with Gasteiger partial charge in [-0.2, -0.15) is 0 Å². The number of amides is 2. The topological polar surface area (TPSA) is 87.7 Å². The minimum atomic E-state index is -0.939. The average Bonchev–Trinajstić information content (AvgIpc) is 2.45. The number of terminal acetylenes is 1. The maximum Gasteiger partial charge on any atom is 0.315 e. The molecule has 1 fully saturated rings. The third kappa shape index (κ3) is 4.42. The van der Waals surface area contributed by atoms with Gasteiger partial charge in [0.2, 0.25) is 0 Å². The lowest BCUT2D eigenvalue weighted by molar-refractivity contribution is -0.154. The number of nitrogens with one attached hydrogen (secondary N) is 2. The number of aliphatic carboxylic acids is 1. The lowest BCUT2D eigenvalue weighted by atomic mass is 9.80. The Morgan fingerprint density at radius 1 is 1.45 bits per heavy atom. The van der Waals surface area contributed by atoms with E-state index in [0.29, 0.717) is 32.5 Å². The van der Waals surface area contributed by atoms with Gasteiger partial charge in [0.15, 0.2) is 0 Å². The minimum absolute atomic E-state index is 0.0843. The molecule has 1 heterocycles. The van der Waals surface area contributed by atoms with Crippen LogP contribution in [0.3, 0.4) is 0 Å². The molecular weight excluding hydrogens is 260 g/mol. The van der Waals surface area contributed by atoms with Crippen LogP contribution in [-0.2, 0) is 9.53 Å². The zero-order valence-electron chi connectivity index (χ0n) is 11.8. The van der Waals surface area contributed by atoms with Gasteiger partial charge < -0.3 is 20.5 Å². The highest BCUT2D eigenvalue weighted by atomic mass is 16.5. The van der Waals surface area contributed by atoms with E-state index in [0.717, 1.165) is 6.42 Å². The van der Waals surface area contributed by atoms with Crippen LogP contribution >= 0.6 is 0 Å². The number of ether oxygens (including phenoxy) is 1. The third-order valence-corrected chi connectivity index (χ3v) is 3.57. The number of carbonyl (C=O) groups is 2. The molecule has 0 aliphatic carbocycles. The summed E-state index contributed by atoms with van der Waals surface area (Å²) in [5.74, 6) is 1.60. The molecule has 20 heavy (non-hydrogen) atoms. The molecule has 0 saturated carbocycles. The molecule has 0 spiro atoms. The van der Waals surface area contributed by atoms with E-state index in [1.165, 1.54) is 0 Å². The van der Waals surface area contributed by atoms with Crippen molar-refractivity contribution in [2.45, 2.75) is 38.6 Å². The van der Waals surface area contributed by atoms with E-state index >= 15 is 0 Å². The van der Waals surface area contributed by atoms with Gasteiger partial charge in [0.25, 0.3) is 0 Å². The van der Waals surface area contributed by atoms with Gasteiger partial charge >= 0.3 is 12.0 Å². The van der Waals surface area contributed by atoms with Crippen LogP contribution in [0.4, 0.5) is 4.79 Å². The highest BCUT2D eigenvalue weighted by molar-refractivity contribution is 5.78. The van der Waals surface area contributed by atoms with Crippen molar-refractivity contribution in [2.75, 3.05) is 19.8 Å². The fourth-order valence-corrected chi connectivity index (χ4v) is 2.17. The Labute approximate surface area is 119 Å². The lowest BCUT2D eigenvalue weighted by Crippen LogP contribution is -2.50. The number of urea groups is 1. The van der Waals surface area contributed by atoms with Crippen LogP contribution < -0.4 is 10.6 Å². The number of hydrogen-bond donors (Lipinski definition) is 3. The molecule has 6 heteroatoms. The van der Waals surface area contributed by atoms with E-state index in [2.05, 4.69) is 16.6 Å². The molecule has 6 nitrogen and oxygen atoms in total. The predicted octanol–water partition coefficient (Wildman–Crippen LogP) is 0.969. The molecule has 3 N–H and O–H groups in total. The largest absolute Gasteiger partial charge is 0.481 e. The smallest absolute Gasteiger partial charge is 0.315 e. The molecule has 112 valence electrons. The van der Waals surface area contributed by atoms with Gasteiger partial charge in [-0.05, 0) is 19.3 Å². The fourth-order valence-electron chi connectivity index (χ4n) is 2.17. The molecule has 1 unspecified atom stereocenters. The van der Waals surface area contributed by atoms with Crippen molar-refractivity contribution in [1.82, 2.24) is 10.6 Å². The zero-order chi connectivity index (χ0) is 15.0. The van der Waals surface area contributed by atoms with Gasteiger partial charge in [0, 0.05) is 19.8 Å². The molecule has 1 aliphatic heterocycles. The van der Waals surface area contributed by atoms with Crippen LogP contribution in [0.2, 0.25) is 0 Å². The summed E-state index contributed by atoms with van der Waals surface area (Å²) in [7, 11) is 0. The maximum absolute atomic E-state index is 11.8. The first-order valence-electron chi connectivity index (χ1n) is 6.85. The molecule has 2 amide bonds. The van der Waals surface area contributed by atoms with Crippen LogP contribution in [0.25, 0.3) is 0 Å². The van der Waals surface area contributed by atoms with E-state index in [9.17, 15) is 14.7 Å². The summed E-state index contributed by atoms with van der Waals surface area (Å²) in [4.78, 5) is 23.2. The van der Waals surface area contributed by atoms with Crippen LogP contribution in [0, 0.1) is 17.8 Å². The first-order valence-corrected chi connectivity index (χ1v) is 6.85. The van der Waals surface area contributed by atoms with E-state index in [1.807, 2.05) is 6.92 Å². The lowest BCUT2D eigenvalue weighted by Gasteiger charge is -2.33. The Bertz CT molecular complexity index is 383. The second-order valence-corrected chi connectivity index (χ2v) is 5.03. The number of hydrogen-bond acceptors (Lipinski definition) is 3. The summed E-state index contributed by atoms with van der Waals surface area (Å²) < 4.78 is 5.18. The van der Waals surface area contributed by atoms with Crippen LogP contribution in [0.1, 0.15) is 32.6 Å². The van der Waals surface area contributed by atoms with E-state index in [-0.39, 0.29) is 12.6 Å². The quantitative estimate of drug-likeness (QED) is 0.633. The Morgan fingerprint density at radius 2 is 2.10 bits per heavy atom. The number of rotatable bonds is 6. The molecule has 1 rings (SSSR count). The minimum Gasteiger partial charge on any atom is -0.481 e. The molecule has 1 aliphatic rings. The summed E-state index contributed by atoms with van der Waals surface area (Å²) in [6, 6.07) is -0.746. The van der Waals surface area contributed by atoms with Crippen molar-refractivity contribution in [3.8, 4) is 12.3 Å². The van der Waals surface area contributed by atoms with Crippen LogP contribution in [-0.4, -0.2) is 42.9 Å². The Morgan fingerprint density at radius 3 is 2.60 bits per heavy atom. The van der Waals surface area contributed by atoms with Crippen molar-refractivity contribution in [3.63, 3.8) is 0 Å². The Balaban J connectivity index is 2.49. The molecule has 0 aromatic heterocycles. The van der Waals surface area contributed by atoms with Crippen molar-refractivity contribution in [2.24, 2.45) is 5.41 Å². The van der Waals surface area contributed by atoms with Crippen LogP contribution in [0.15, 0.2) is 0 Å². The first-order chi connectivity index (χ1) is 9.54. The molecule has 0 bridgehead atoms. The van der Waals surface area contributed by atoms with Gasteiger partial charge in [0.1, 0.15) is 0 Å². The van der Waals surface area contributed by atoms with Gasteiger partial charge in [-0.15, -0.1) is 6.42 Å². The molecule has 0 aromatic rings. The van der Waals surface area contributed by atoms with Gasteiger partial charge in [-0.3, -0.25) is 4.79 Å². The normalized spacial score (nSPS) is 18.6. The van der Waals surface area contributed by atoms with Gasteiger partial charge in [0.05, 0.1) is 11.5 Å². The Kier molecular flexibility index (Phi) is 6.32. The van der Waals surface area contributed by atoms with E-state index < -0.39 is 17.4 Å². The van der Waals surface area contributed by atoms with E-state index in [4.69, 9.17) is 11.2 Å². The first kappa shape index (κ1) is 16.3. The summed E-state index contributed by atoms with van der Waals surface area (Å²) in [6.45, 7) is 2.86. The number of carboxylic acids is 1. The number of carboxylic acid groups (broad SMARTS) is 1. The summed E-state index contributed by atoms with van der Waals surface area (Å²) >= 11 is 0. The van der Waals surface area contributed by atoms with Gasteiger partial charge in [-0.25, -0.2) is 4.79 Å². The zero-order valence-corrected chi connectivity index (χ0v) is 11.8. The standard InChI is InChI=1S/C14H22N2O4/c1-3-5-11(4-2)16-13(19)15-10-14(12(17)18)6-8-20-9-7-14/h2,11H,3,5-10H2,1H3,(H,17,18)(H2,15,16,19). The second kappa shape index (κ2) is 7.75. The highest BCUT2D eigenvalue weighted by Gasteiger charge is 2.40. The average molecular weight is 282 g/mol. The van der Waals surface area contributed by atoms with Crippen molar-refractivity contribution in [1.29, 1.82) is 0 Å². The molecular formula is C14H22N2O4. The van der Waals surface area contributed by atoms with Crippen molar-refractivity contribution < 1.29 is 19.4 Å². The fraction of sp³-hybridized carbons (Fsp3) is 0.714. The molecule has 0 aromatic carbocycles. The van der Waals surface area contributed by atoms with Crippen molar-refractivity contribution in [3.05, 3.63) is 0 Å². The summed E-state index contributed by atoms with van der Waals surface area (Å²) in [5, 5.41) is 14.6. The SMILES string of the molecule is C#CC(CCC)NC(=O)NCC1(C(=O)O)CCOCC1. The van der Waals surface area contributed by atoms with Gasteiger partial charge in [-0.1, -0.05) is 19.3 Å². The third-order valence-electron chi connectivity index (χ3n) is 3.57. The van der Waals surface area contributed by atoms with Crippen molar-refractivity contribution >= 4 is 12.0 Å². The Hall–Kier alpha value is -1.74. The summed E-state index contributed by atoms with van der Waals surface area (Å²) in [6.07, 6.45) is 7.68. The second-order valence-electron chi connectivity index (χ2n) is 5.03. The van der Waals surface area contributed by atoms with Crippen LogP contribution in [0.5, 0.6) is 0 Å². The monoisotopic (exact) mass is 282 g/mol. The molecule has 0 radical (unpaired) electrons. The van der Waals surface area contributed by atoms with E-state index in [1.54, 1.807) is 0 Å². The number of carbonyl (C=O) groups excluding carboxylic acids is 1. The molecule has 1 atom stereocenters.